The number of carbonyl (C=O) groups is 1. The minimum absolute atomic E-state index is 0.00342. The Bertz CT molecular complexity index is 756. The van der Waals surface area contributed by atoms with E-state index in [-0.39, 0.29) is 34.8 Å². The summed E-state index contributed by atoms with van der Waals surface area (Å²) in [7, 11) is -3.41. The standard InChI is InChI=1S/C15H19N3O4S/c1-3-11(2)16-14(19)15-17-13(18-22-15)9-10-23(20,21)12-7-5-4-6-8-12/h4-8,11H,3,9-10H2,1-2H3,(H,16,19). The summed E-state index contributed by atoms with van der Waals surface area (Å²) in [4.78, 5) is 16.0. The van der Waals surface area contributed by atoms with Crippen molar-refractivity contribution in [2.75, 3.05) is 5.75 Å². The molecule has 0 aliphatic rings. The SMILES string of the molecule is CCC(C)NC(=O)c1nc(CCS(=O)(=O)c2ccccc2)no1. The van der Waals surface area contributed by atoms with Gasteiger partial charge < -0.3 is 9.84 Å². The molecule has 1 heterocycles. The highest BCUT2D eigenvalue weighted by Gasteiger charge is 2.19. The first kappa shape index (κ1) is 17.1. The van der Waals surface area contributed by atoms with Gasteiger partial charge in [-0.05, 0) is 25.5 Å². The number of amides is 1. The number of benzene rings is 1. The summed E-state index contributed by atoms with van der Waals surface area (Å²) in [5, 5.41) is 6.36. The molecular weight excluding hydrogens is 318 g/mol. The van der Waals surface area contributed by atoms with Crippen LogP contribution in [0.1, 0.15) is 36.8 Å². The molecule has 1 unspecified atom stereocenters. The normalized spacial score (nSPS) is 12.8. The van der Waals surface area contributed by atoms with Gasteiger partial charge in [0, 0.05) is 12.5 Å². The molecule has 0 fully saturated rings. The van der Waals surface area contributed by atoms with E-state index in [1.165, 1.54) is 12.1 Å². The van der Waals surface area contributed by atoms with Gasteiger partial charge in [0.15, 0.2) is 15.7 Å². The van der Waals surface area contributed by atoms with Crippen molar-refractivity contribution in [2.24, 2.45) is 0 Å². The van der Waals surface area contributed by atoms with Crippen molar-refractivity contribution < 1.29 is 17.7 Å². The van der Waals surface area contributed by atoms with E-state index in [1.54, 1.807) is 18.2 Å². The zero-order valence-corrected chi connectivity index (χ0v) is 13.8. The van der Waals surface area contributed by atoms with Crippen molar-refractivity contribution in [3.05, 3.63) is 42.0 Å². The molecule has 1 aromatic heterocycles. The maximum Gasteiger partial charge on any atom is 0.315 e. The van der Waals surface area contributed by atoms with Crippen molar-refractivity contribution in [3.8, 4) is 0 Å². The number of carbonyl (C=O) groups excluding carboxylic acids is 1. The first-order valence-electron chi connectivity index (χ1n) is 7.33. The van der Waals surface area contributed by atoms with E-state index in [2.05, 4.69) is 15.5 Å². The van der Waals surface area contributed by atoms with Crippen LogP contribution in [0.3, 0.4) is 0 Å². The van der Waals surface area contributed by atoms with Crippen LogP contribution in [-0.4, -0.2) is 36.3 Å². The third kappa shape index (κ3) is 4.62. The van der Waals surface area contributed by atoms with Gasteiger partial charge in [-0.3, -0.25) is 4.79 Å². The van der Waals surface area contributed by atoms with Crippen LogP contribution in [0.5, 0.6) is 0 Å². The number of sulfone groups is 1. The van der Waals surface area contributed by atoms with E-state index in [9.17, 15) is 13.2 Å². The molecule has 1 N–H and O–H groups in total. The molecule has 2 rings (SSSR count). The summed E-state index contributed by atoms with van der Waals surface area (Å²) in [5.41, 5.74) is 0. The second kappa shape index (κ2) is 7.36. The molecule has 8 heteroatoms. The van der Waals surface area contributed by atoms with Crippen molar-refractivity contribution in [2.45, 2.75) is 37.6 Å². The minimum atomic E-state index is -3.41. The van der Waals surface area contributed by atoms with Crippen LogP contribution < -0.4 is 5.32 Å². The Labute approximate surface area is 135 Å². The summed E-state index contributed by atoms with van der Waals surface area (Å²) in [6.07, 6.45) is 0.861. The largest absolute Gasteiger partial charge is 0.345 e. The molecular formula is C15H19N3O4S. The fraction of sp³-hybridized carbons (Fsp3) is 0.400. The summed E-state index contributed by atoms with van der Waals surface area (Å²) in [6, 6.07) is 8.15. The first-order chi connectivity index (χ1) is 10.9. The van der Waals surface area contributed by atoms with E-state index < -0.39 is 15.7 Å². The van der Waals surface area contributed by atoms with Gasteiger partial charge in [0.05, 0.1) is 10.6 Å². The number of aromatic nitrogens is 2. The van der Waals surface area contributed by atoms with E-state index in [4.69, 9.17) is 4.52 Å². The van der Waals surface area contributed by atoms with Gasteiger partial charge in [0.25, 0.3) is 0 Å². The molecule has 124 valence electrons. The van der Waals surface area contributed by atoms with Gasteiger partial charge in [0.1, 0.15) is 0 Å². The smallest absolute Gasteiger partial charge is 0.315 e. The molecule has 1 aromatic carbocycles. The molecule has 7 nitrogen and oxygen atoms in total. The highest BCUT2D eigenvalue weighted by Crippen LogP contribution is 2.11. The molecule has 0 saturated carbocycles. The Morgan fingerprint density at radius 1 is 1.30 bits per heavy atom. The van der Waals surface area contributed by atoms with Gasteiger partial charge in [-0.15, -0.1) is 0 Å². The summed E-state index contributed by atoms with van der Waals surface area (Å²) >= 11 is 0. The molecule has 0 radical (unpaired) electrons. The van der Waals surface area contributed by atoms with Crippen molar-refractivity contribution in [1.29, 1.82) is 0 Å². The van der Waals surface area contributed by atoms with E-state index in [1.807, 2.05) is 13.8 Å². The second-order valence-electron chi connectivity index (χ2n) is 5.18. The average molecular weight is 337 g/mol. The predicted octanol–water partition coefficient (Wildman–Crippen LogP) is 1.61. The third-order valence-electron chi connectivity index (χ3n) is 3.35. The summed E-state index contributed by atoms with van der Waals surface area (Å²) < 4.78 is 29.2. The van der Waals surface area contributed by atoms with Gasteiger partial charge in [-0.25, -0.2) is 8.42 Å². The van der Waals surface area contributed by atoms with Crippen LogP contribution >= 0.6 is 0 Å². The maximum atomic E-state index is 12.2. The molecule has 23 heavy (non-hydrogen) atoms. The topological polar surface area (TPSA) is 102 Å². The lowest BCUT2D eigenvalue weighted by molar-refractivity contribution is 0.0895. The monoisotopic (exact) mass is 337 g/mol. The molecule has 0 spiro atoms. The van der Waals surface area contributed by atoms with Crippen LogP contribution in [0.25, 0.3) is 0 Å². The van der Waals surface area contributed by atoms with Crippen LogP contribution in [0.2, 0.25) is 0 Å². The Morgan fingerprint density at radius 3 is 2.65 bits per heavy atom. The summed E-state index contributed by atoms with van der Waals surface area (Å²) in [5.74, 6) is -0.566. The number of aryl methyl sites for hydroxylation is 1. The number of rotatable bonds is 7. The predicted molar refractivity (Wildman–Crippen MR) is 83.7 cm³/mol. The van der Waals surface area contributed by atoms with E-state index >= 15 is 0 Å². The molecule has 1 amide bonds. The fourth-order valence-corrected chi connectivity index (χ4v) is 3.07. The number of hydrogen-bond donors (Lipinski definition) is 1. The summed E-state index contributed by atoms with van der Waals surface area (Å²) in [6.45, 7) is 3.81. The molecule has 0 aliphatic heterocycles. The van der Waals surface area contributed by atoms with Crippen LogP contribution in [-0.2, 0) is 16.3 Å². The first-order valence-corrected chi connectivity index (χ1v) is 8.99. The lowest BCUT2D eigenvalue weighted by atomic mass is 10.2. The van der Waals surface area contributed by atoms with Crippen LogP contribution in [0.4, 0.5) is 0 Å². The van der Waals surface area contributed by atoms with Crippen LogP contribution in [0, 0.1) is 0 Å². The Hall–Kier alpha value is -2.22. The second-order valence-corrected chi connectivity index (χ2v) is 7.29. The van der Waals surface area contributed by atoms with Crippen molar-refractivity contribution in [1.82, 2.24) is 15.5 Å². The zero-order chi connectivity index (χ0) is 16.9. The number of nitrogens with one attached hydrogen (secondary N) is 1. The molecule has 0 aliphatic carbocycles. The Morgan fingerprint density at radius 2 is 2.00 bits per heavy atom. The third-order valence-corrected chi connectivity index (χ3v) is 5.08. The molecule has 1 atom stereocenters. The van der Waals surface area contributed by atoms with E-state index in [0.717, 1.165) is 6.42 Å². The highest BCUT2D eigenvalue weighted by atomic mass is 32.2. The highest BCUT2D eigenvalue weighted by molar-refractivity contribution is 7.91. The van der Waals surface area contributed by atoms with Crippen molar-refractivity contribution >= 4 is 15.7 Å². The van der Waals surface area contributed by atoms with Gasteiger partial charge in [-0.2, -0.15) is 4.98 Å². The van der Waals surface area contributed by atoms with Gasteiger partial charge in [0.2, 0.25) is 0 Å². The molecule has 2 aromatic rings. The number of nitrogens with zero attached hydrogens (tertiary/aromatic N) is 2. The maximum absolute atomic E-state index is 12.2. The fourth-order valence-electron chi connectivity index (χ4n) is 1.81. The van der Waals surface area contributed by atoms with Crippen LogP contribution in [0.15, 0.2) is 39.8 Å². The molecule has 0 bridgehead atoms. The van der Waals surface area contributed by atoms with Gasteiger partial charge in [-0.1, -0.05) is 30.3 Å². The van der Waals surface area contributed by atoms with Crippen molar-refractivity contribution in [3.63, 3.8) is 0 Å². The average Bonchev–Trinajstić information content (AvgIpc) is 3.03. The van der Waals surface area contributed by atoms with E-state index in [0.29, 0.717) is 0 Å². The minimum Gasteiger partial charge on any atom is -0.345 e. The number of hydrogen-bond acceptors (Lipinski definition) is 6. The quantitative estimate of drug-likeness (QED) is 0.823. The zero-order valence-electron chi connectivity index (χ0n) is 13.0. The molecule has 0 saturated heterocycles. The Balaban J connectivity index is 1.99. The Kier molecular flexibility index (Phi) is 5.49. The lowest BCUT2D eigenvalue weighted by Crippen LogP contribution is -2.32. The lowest BCUT2D eigenvalue weighted by Gasteiger charge is -2.07. The van der Waals surface area contributed by atoms with Gasteiger partial charge >= 0.3 is 11.8 Å².